The lowest BCUT2D eigenvalue weighted by Crippen LogP contribution is -2.07. The summed E-state index contributed by atoms with van der Waals surface area (Å²) in [7, 11) is 1.68. The minimum Gasteiger partial charge on any atom is -0.377 e. The van der Waals surface area contributed by atoms with Crippen molar-refractivity contribution in [3.05, 3.63) is 11.9 Å². The molecule has 1 aromatic heterocycles. The molecular weight excluding hydrogens is 258 g/mol. The molecule has 106 valence electrons. The van der Waals surface area contributed by atoms with Gasteiger partial charge in [0.15, 0.2) is 5.82 Å². The molecule has 0 amide bonds. The summed E-state index contributed by atoms with van der Waals surface area (Å²) in [5.41, 5.74) is 0. The van der Waals surface area contributed by atoms with Gasteiger partial charge in [0, 0.05) is 25.0 Å². The molecule has 1 N–H and O–H groups in total. The Balaban J connectivity index is 2.07. The minimum atomic E-state index is 0.472. The second-order valence-corrected chi connectivity index (χ2v) is 6.21. The van der Waals surface area contributed by atoms with Gasteiger partial charge in [0.2, 0.25) is 0 Å². The predicted octanol–water partition coefficient (Wildman–Crippen LogP) is 3.48. The summed E-state index contributed by atoms with van der Waals surface area (Å²) in [5, 5.41) is 5.14. The van der Waals surface area contributed by atoms with E-state index in [9.17, 15) is 0 Å². The van der Waals surface area contributed by atoms with Crippen LogP contribution in [0, 0.1) is 0 Å². The highest BCUT2D eigenvalue weighted by atomic mass is 32.2. The predicted molar refractivity (Wildman–Crippen MR) is 79.6 cm³/mol. The van der Waals surface area contributed by atoms with E-state index in [0.29, 0.717) is 6.61 Å². The monoisotopic (exact) mass is 281 g/mol. The molecule has 1 aliphatic carbocycles. The van der Waals surface area contributed by atoms with E-state index in [1.807, 2.05) is 11.8 Å². The molecular formula is C14H23N3OS. The molecule has 2 rings (SSSR count). The van der Waals surface area contributed by atoms with Crippen LogP contribution in [0.2, 0.25) is 0 Å². The maximum absolute atomic E-state index is 5.15. The molecule has 4 nitrogen and oxygen atoms in total. The lowest BCUT2D eigenvalue weighted by atomic mass is 10.4. The van der Waals surface area contributed by atoms with Crippen LogP contribution < -0.4 is 5.32 Å². The zero-order valence-corrected chi connectivity index (χ0v) is 12.6. The maximum Gasteiger partial charge on any atom is 0.157 e. The number of nitrogens with zero attached hydrogens (tertiary/aromatic N) is 2. The first-order valence-electron chi connectivity index (χ1n) is 7.09. The molecule has 1 fully saturated rings. The molecule has 0 radical (unpaired) electrons. The van der Waals surface area contributed by atoms with Crippen LogP contribution in [0.4, 0.5) is 5.82 Å². The molecule has 19 heavy (non-hydrogen) atoms. The van der Waals surface area contributed by atoms with E-state index in [1.54, 1.807) is 7.11 Å². The van der Waals surface area contributed by atoms with Crippen molar-refractivity contribution >= 4 is 17.6 Å². The van der Waals surface area contributed by atoms with Gasteiger partial charge in [-0.25, -0.2) is 9.97 Å². The SMILES string of the molecule is CCCNc1cc(SC2CCCC2)nc(COC)n1. The molecule has 0 bridgehead atoms. The van der Waals surface area contributed by atoms with Crippen molar-refractivity contribution in [1.29, 1.82) is 0 Å². The summed E-state index contributed by atoms with van der Waals surface area (Å²) >= 11 is 1.89. The summed E-state index contributed by atoms with van der Waals surface area (Å²) in [6.45, 7) is 3.56. The first kappa shape index (κ1) is 14.6. The van der Waals surface area contributed by atoms with Crippen LogP contribution in [0.15, 0.2) is 11.1 Å². The second-order valence-electron chi connectivity index (χ2n) is 4.89. The van der Waals surface area contributed by atoms with Crippen molar-refractivity contribution in [2.45, 2.75) is 55.9 Å². The summed E-state index contributed by atoms with van der Waals surface area (Å²) in [6, 6.07) is 2.07. The molecule has 0 aliphatic heterocycles. The Morgan fingerprint density at radius 2 is 2.16 bits per heavy atom. The van der Waals surface area contributed by atoms with Gasteiger partial charge in [-0.1, -0.05) is 19.8 Å². The smallest absolute Gasteiger partial charge is 0.157 e. The number of thioether (sulfide) groups is 1. The molecule has 0 saturated heterocycles. The topological polar surface area (TPSA) is 47.0 Å². The molecule has 1 heterocycles. The lowest BCUT2D eigenvalue weighted by molar-refractivity contribution is 0.177. The zero-order chi connectivity index (χ0) is 13.5. The van der Waals surface area contributed by atoms with Gasteiger partial charge in [0.1, 0.15) is 17.5 Å². The number of hydrogen-bond donors (Lipinski definition) is 1. The minimum absolute atomic E-state index is 0.472. The highest BCUT2D eigenvalue weighted by molar-refractivity contribution is 7.99. The molecule has 5 heteroatoms. The third-order valence-electron chi connectivity index (χ3n) is 3.17. The van der Waals surface area contributed by atoms with Gasteiger partial charge in [-0.3, -0.25) is 0 Å². The number of anilines is 1. The Morgan fingerprint density at radius 3 is 2.84 bits per heavy atom. The van der Waals surface area contributed by atoms with Gasteiger partial charge in [-0.15, -0.1) is 11.8 Å². The van der Waals surface area contributed by atoms with E-state index in [-0.39, 0.29) is 0 Å². The van der Waals surface area contributed by atoms with Gasteiger partial charge in [0.05, 0.1) is 0 Å². The molecule has 1 saturated carbocycles. The fourth-order valence-corrected chi connectivity index (χ4v) is 3.50. The quantitative estimate of drug-likeness (QED) is 0.775. The van der Waals surface area contributed by atoms with E-state index in [4.69, 9.17) is 4.74 Å². The van der Waals surface area contributed by atoms with Crippen LogP contribution >= 0.6 is 11.8 Å². The van der Waals surface area contributed by atoms with Crippen LogP contribution in [0.3, 0.4) is 0 Å². The third-order valence-corrected chi connectivity index (χ3v) is 4.42. The van der Waals surface area contributed by atoms with Crippen LogP contribution in [-0.4, -0.2) is 28.9 Å². The highest BCUT2D eigenvalue weighted by Gasteiger charge is 2.17. The summed E-state index contributed by atoms with van der Waals surface area (Å²) in [4.78, 5) is 9.06. The number of hydrogen-bond acceptors (Lipinski definition) is 5. The van der Waals surface area contributed by atoms with Crippen LogP contribution in [-0.2, 0) is 11.3 Å². The van der Waals surface area contributed by atoms with Crippen LogP contribution in [0.25, 0.3) is 0 Å². The number of aromatic nitrogens is 2. The molecule has 1 aromatic rings. The first-order chi connectivity index (χ1) is 9.31. The third kappa shape index (κ3) is 4.66. The average molecular weight is 281 g/mol. The van der Waals surface area contributed by atoms with E-state index >= 15 is 0 Å². The Labute approximate surface area is 119 Å². The van der Waals surface area contributed by atoms with Crippen molar-refractivity contribution in [1.82, 2.24) is 9.97 Å². The summed E-state index contributed by atoms with van der Waals surface area (Å²) in [6.07, 6.45) is 6.43. The standard InChI is InChI=1S/C14H23N3OS/c1-3-8-15-12-9-14(17-13(16-12)10-18-2)19-11-6-4-5-7-11/h9,11H,3-8,10H2,1-2H3,(H,15,16,17). The number of rotatable bonds is 7. The maximum atomic E-state index is 5.15. The van der Waals surface area contributed by atoms with Crippen LogP contribution in [0.5, 0.6) is 0 Å². The van der Waals surface area contributed by atoms with Gasteiger partial charge in [-0.05, 0) is 19.3 Å². The molecule has 0 spiro atoms. The van der Waals surface area contributed by atoms with Crippen molar-refractivity contribution in [2.24, 2.45) is 0 Å². The Morgan fingerprint density at radius 1 is 1.37 bits per heavy atom. The second kappa shape index (κ2) is 7.70. The highest BCUT2D eigenvalue weighted by Crippen LogP contribution is 2.34. The number of ether oxygens (including phenoxy) is 1. The fraction of sp³-hybridized carbons (Fsp3) is 0.714. The van der Waals surface area contributed by atoms with Crippen molar-refractivity contribution in [3.63, 3.8) is 0 Å². The molecule has 0 atom stereocenters. The van der Waals surface area contributed by atoms with Crippen LogP contribution in [0.1, 0.15) is 44.9 Å². The lowest BCUT2D eigenvalue weighted by Gasteiger charge is -2.11. The van der Waals surface area contributed by atoms with Gasteiger partial charge < -0.3 is 10.1 Å². The summed E-state index contributed by atoms with van der Waals surface area (Å²) < 4.78 is 5.15. The van der Waals surface area contributed by atoms with E-state index < -0.39 is 0 Å². The number of nitrogens with one attached hydrogen (secondary N) is 1. The Bertz CT molecular complexity index is 394. The van der Waals surface area contributed by atoms with E-state index in [0.717, 1.165) is 34.9 Å². The summed E-state index contributed by atoms with van der Waals surface area (Å²) in [5.74, 6) is 1.69. The normalized spacial score (nSPS) is 15.9. The van der Waals surface area contributed by atoms with E-state index in [1.165, 1.54) is 25.7 Å². The Kier molecular flexibility index (Phi) is 5.92. The van der Waals surface area contributed by atoms with Gasteiger partial charge in [0.25, 0.3) is 0 Å². The fourth-order valence-electron chi connectivity index (χ4n) is 2.25. The van der Waals surface area contributed by atoms with Crippen molar-refractivity contribution in [2.75, 3.05) is 19.0 Å². The van der Waals surface area contributed by atoms with Gasteiger partial charge in [-0.2, -0.15) is 0 Å². The zero-order valence-electron chi connectivity index (χ0n) is 11.8. The Hall–Kier alpha value is -0.810. The first-order valence-corrected chi connectivity index (χ1v) is 7.97. The van der Waals surface area contributed by atoms with Gasteiger partial charge >= 0.3 is 0 Å². The van der Waals surface area contributed by atoms with E-state index in [2.05, 4.69) is 28.3 Å². The van der Waals surface area contributed by atoms with Crippen molar-refractivity contribution in [3.8, 4) is 0 Å². The largest absolute Gasteiger partial charge is 0.377 e. The molecule has 0 aromatic carbocycles. The molecule has 1 aliphatic rings. The molecule has 0 unspecified atom stereocenters. The average Bonchev–Trinajstić information content (AvgIpc) is 2.89. The van der Waals surface area contributed by atoms with Crippen molar-refractivity contribution < 1.29 is 4.74 Å². The number of methoxy groups -OCH3 is 1.